The number of carbonyl (C=O) groups is 1. The molecule has 2 N–H and O–H groups in total. The van der Waals surface area contributed by atoms with Gasteiger partial charge in [0.2, 0.25) is 5.91 Å². The molecule has 2 saturated heterocycles. The number of amides is 1. The highest BCUT2D eigenvalue weighted by molar-refractivity contribution is 5.82. The van der Waals surface area contributed by atoms with Gasteiger partial charge in [0.15, 0.2) is 11.6 Å². The van der Waals surface area contributed by atoms with E-state index in [-0.39, 0.29) is 17.9 Å². The first-order chi connectivity index (χ1) is 18.1. The van der Waals surface area contributed by atoms with Gasteiger partial charge in [0, 0.05) is 37.6 Å². The Balaban J connectivity index is 1.33. The van der Waals surface area contributed by atoms with Crippen molar-refractivity contribution in [3.05, 3.63) is 70.8 Å². The fourth-order valence-corrected chi connectivity index (χ4v) is 7.96. The lowest BCUT2D eigenvalue weighted by atomic mass is 9.62. The highest BCUT2D eigenvalue weighted by Crippen LogP contribution is 2.45. The van der Waals surface area contributed by atoms with E-state index in [4.69, 9.17) is 0 Å². The van der Waals surface area contributed by atoms with E-state index in [9.17, 15) is 13.6 Å². The first kappa shape index (κ1) is 25.0. The molecule has 6 rings (SSSR count). The van der Waals surface area contributed by atoms with Crippen molar-refractivity contribution < 1.29 is 13.6 Å². The van der Waals surface area contributed by atoms with Crippen LogP contribution in [0.1, 0.15) is 74.0 Å². The molecule has 2 aromatic carbocycles. The zero-order valence-electron chi connectivity index (χ0n) is 21.7. The molecule has 4 atom stereocenters. The maximum absolute atomic E-state index is 14.6. The molecule has 1 amide bonds. The summed E-state index contributed by atoms with van der Waals surface area (Å²) in [4.78, 5) is 16.8. The number of fused-ring (bicyclic) bond motifs is 2. The second kappa shape index (κ2) is 10.5. The van der Waals surface area contributed by atoms with Crippen molar-refractivity contribution >= 4 is 5.91 Å². The fraction of sp³-hybridized carbons (Fsp3) is 0.581. The molecule has 3 heterocycles. The molecule has 2 aromatic rings. The number of likely N-dealkylation sites (tertiary alicyclic amines) is 1. The van der Waals surface area contributed by atoms with Crippen LogP contribution in [0.3, 0.4) is 0 Å². The molecule has 4 nitrogen and oxygen atoms in total. The molecular weight excluding hydrogens is 468 g/mol. The standard InChI is InChI=1S/C31H39F2N3O/c32-27-15-24-18-35-20-31(25(24)17-28(27)33)12-13-34-19-26(31)30(37)36-14-11-23(21-7-3-1-4-8-21)16-29(36)22-9-5-2-6-10-22/h1,3-4,7-8,15,17,22-23,26,29,34-35H,2,5-6,9-14,16,18-20H2/t23-,26+,29+,31-/m1/s1. The van der Waals surface area contributed by atoms with Crippen molar-refractivity contribution in [2.24, 2.45) is 11.8 Å². The van der Waals surface area contributed by atoms with Crippen LogP contribution in [0.5, 0.6) is 0 Å². The van der Waals surface area contributed by atoms with Gasteiger partial charge in [-0.1, -0.05) is 49.6 Å². The van der Waals surface area contributed by atoms with E-state index >= 15 is 0 Å². The van der Waals surface area contributed by atoms with Gasteiger partial charge in [-0.2, -0.15) is 0 Å². The molecule has 0 radical (unpaired) electrons. The number of benzene rings is 2. The lowest BCUT2D eigenvalue weighted by Crippen LogP contribution is -2.62. The van der Waals surface area contributed by atoms with Gasteiger partial charge in [-0.05, 0) is 79.3 Å². The van der Waals surface area contributed by atoms with E-state index in [1.807, 2.05) is 0 Å². The number of nitrogens with one attached hydrogen (secondary N) is 2. The zero-order chi connectivity index (χ0) is 25.4. The minimum Gasteiger partial charge on any atom is -0.339 e. The monoisotopic (exact) mass is 507 g/mol. The van der Waals surface area contributed by atoms with Gasteiger partial charge < -0.3 is 15.5 Å². The topological polar surface area (TPSA) is 44.4 Å². The maximum atomic E-state index is 14.6. The van der Waals surface area contributed by atoms with Gasteiger partial charge in [-0.3, -0.25) is 4.79 Å². The summed E-state index contributed by atoms with van der Waals surface area (Å²) in [7, 11) is 0. The lowest BCUT2D eigenvalue weighted by molar-refractivity contribution is -0.145. The van der Waals surface area contributed by atoms with Crippen LogP contribution in [0.15, 0.2) is 42.5 Å². The molecule has 1 aliphatic carbocycles. The van der Waals surface area contributed by atoms with Crippen molar-refractivity contribution in [3.63, 3.8) is 0 Å². The van der Waals surface area contributed by atoms with Gasteiger partial charge in [-0.15, -0.1) is 0 Å². The van der Waals surface area contributed by atoms with Crippen LogP contribution < -0.4 is 10.6 Å². The van der Waals surface area contributed by atoms with Crippen LogP contribution in [-0.2, 0) is 16.8 Å². The molecule has 3 fully saturated rings. The molecule has 3 aliphatic heterocycles. The molecule has 1 saturated carbocycles. The Hall–Kier alpha value is -2.31. The molecule has 1 spiro atoms. The summed E-state index contributed by atoms with van der Waals surface area (Å²) in [5.41, 5.74) is 2.49. The first-order valence-electron chi connectivity index (χ1n) is 14.3. The van der Waals surface area contributed by atoms with E-state index in [2.05, 4.69) is 45.9 Å². The average molecular weight is 508 g/mol. The minimum atomic E-state index is -0.812. The Morgan fingerprint density at radius 1 is 0.973 bits per heavy atom. The van der Waals surface area contributed by atoms with E-state index in [0.29, 0.717) is 31.5 Å². The van der Waals surface area contributed by atoms with E-state index < -0.39 is 17.0 Å². The highest BCUT2D eigenvalue weighted by Gasteiger charge is 2.51. The quantitative estimate of drug-likeness (QED) is 0.595. The first-order valence-corrected chi connectivity index (χ1v) is 14.3. The summed E-state index contributed by atoms with van der Waals surface area (Å²) in [5, 5.41) is 6.92. The Bertz CT molecular complexity index is 1120. The van der Waals surface area contributed by atoms with E-state index in [0.717, 1.165) is 43.5 Å². The third kappa shape index (κ3) is 4.61. The van der Waals surface area contributed by atoms with Crippen LogP contribution in [0, 0.1) is 23.5 Å². The summed E-state index contributed by atoms with van der Waals surface area (Å²) in [5.74, 6) is -0.696. The van der Waals surface area contributed by atoms with Crippen LogP contribution in [0.25, 0.3) is 0 Å². The molecular formula is C31H39F2N3O. The third-order valence-corrected chi connectivity index (χ3v) is 9.89. The predicted molar refractivity (Wildman–Crippen MR) is 141 cm³/mol. The highest BCUT2D eigenvalue weighted by atomic mass is 19.2. The van der Waals surface area contributed by atoms with Crippen molar-refractivity contribution in [2.75, 3.05) is 26.2 Å². The van der Waals surface area contributed by atoms with Crippen molar-refractivity contribution in [3.8, 4) is 0 Å². The minimum absolute atomic E-state index is 0.202. The number of nitrogens with zero attached hydrogens (tertiary/aromatic N) is 1. The molecule has 0 aromatic heterocycles. The zero-order valence-corrected chi connectivity index (χ0v) is 21.7. The predicted octanol–water partition coefficient (Wildman–Crippen LogP) is 5.27. The third-order valence-electron chi connectivity index (χ3n) is 9.89. The van der Waals surface area contributed by atoms with Crippen LogP contribution in [0.2, 0.25) is 0 Å². The SMILES string of the molecule is O=C([C@@H]1CNCC[C@]12CNCc1cc(F)c(F)cc12)N1CC[C@@H](c2ccccc2)C[C@H]1C1CCCCC1. The van der Waals surface area contributed by atoms with Crippen molar-refractivity contribution in [1.29, 1.82) is 0 Å². The van der Waals surface area contributed by atoms with Crippen molar-refractivity contribution in [1.82, 2.24) is 15.5 Å². The Morgan fingerprint density at radius 2 is 1.76 bits per heavy atom. The van der Waals surface area contributed by atoms with E-state index in [1.54, 1.807) is 0 Å². The number of hydrogen-bond acceptors (Lipinski definition) is 3. The summed E-state index contributed by atoms with van der Waals surface area (Å²) < 4.78 is 28.7. The Labute approximate surface area is 219 Å². The van der Waals surface area contributed by atoms with Gasteiger partial charge in [0.25, 0.3) is 0 Å². The normalized spacial score (nSPS) is 30.8. The fourth-order valence-electron chi connectivity index (χ4n) is 7.96. The number of halogens is 2. The molecule has 6 heteroatoms. The molecule has 0 unspecified atom stereocenters. The number of piperidine rings is 2. The number of rotatable bonds is 3. The van der Waals surface area contributed by atoms with Gasteiger partial charge >= 0.3 is 0 Å². The molecule has 198 valence electrons. The smallest absolute Gasteiger partial charge is 0.228 e. The number of carbonyl (C=O) groups excluding carboxylic acids is 1. The summed E-state index contributed by atoms with van der Waals surface area (Å²) in [6, 6.07) is 13.7. The Morgan fingerprint density at radius 3 is 2.57 bits per heavy atom. The summed E-state index contributed by atoms with van der Waals surface area (Å²) >= 11 is 0. The summed E-state index contributed by atoms with van der Waals surface area (Å²) in [6.45, 7) is 3.25. The average Bonchev–Trinajstić information content (AvgIpc) is 2.95. The second-order valence-electron chi connectivity index (χ2n) is 11.8. The molecule has 0 bridgehead atoms. The number of hydrogen-bond donors (Lipinski definition) is 2. The van der Waals surface area contributed by atoms with Gasteiger partial charge in [0.05, 0.1) is 5.92 Å². The van der Waals surface area contributed by atoms with Crippen molar-refractivity contribution in [2.45, 2.75) is 75.3 Å². The largest absolute Gasteiger partial charge is 0.339 e. The van der Waals surface area contributed by atoms with Crippen LogP contribution in [0.4, 0.5) is 8.78 Å². The molecule has 37 heavy (non-hydrogen) atoms. The van der Waals surface area contributed by atoms with Gasteiger partial charge in [-0.25, -0.2) is 8.78 Å². The molecule has 4 aliphatic rings. The lowest BCUT2D eigenvalue weighted by Gasteiger charge is -2.51. The Kier molecular flexibility index (Phi) is 7.06. The van der Waals surface area contributed by atoms with Crippen LogP contribution >= 0.6 is 0 Å². The van der Waals surface area contributed by atoms with Gasteiger partial charge in [0.1, 0.15) is 0 Å². The van der Waals surface area contributed by atoms with E-state index in [1.165, 1.54) is 49.8 Å². The summed E-state index contributed by atoms with van der Waals surface area (Å²) in [6.07, 6.45) is 8.90. The maximum Gasteiger partial charge on any atom is 0.228 e. The second-order valence-corrected chi connectivity index (χ2v) is 11.8. The van der Waals surface area contributed by atoms with Crippen LogP contribution in [-0.4, -0.2) is 43.0 Å².